The number of aliphatic hydroxyl groups is 4. The molecule has 0 amide bonds. The molecule has 0 saturated carbocycles. The summed E-state index contributed by atoms with van der Waals surface area (Å²) in [5.74, 6) is 1.23. The molecule has 0 unspecified atom stereocenters. The zero-order chi connectivity index (χ0) is 20.2. The van der Waals surface area contributed by atoms with E-state index in [-0.39, 0.29) is 144 Å². The molecule has 0 radical (unpaired) electrons. The Morgan fingerprint density at radius 1 is 0.621 bits per heavy atom. The van der Waals surface area contributed by atoms with Gasteiger partial charge in [-0.25, -0.2) is 0 Å². The molecule has 0 aliphatic heterocycles. The monoisotopic (exact) mass is 544 g/mol. The van der Waals surface area contributed by atoms with Gasteiger partial charge in [0.15, 0.2) is 0 Å². The summed E-state index contributed by atoms with van der Waals surface area (Å²) in [6.45, 7) is 3.65. The second kappa shape index (κ2) is 33.6. The van der Waals surface area contributed by atoms with Crippen LogP contribution in [0.4, 0.5) is 9.59 Å². The summed E-state index contributed by atoms with van der Waals surface area (Å²) in [5, 5.41) is 34.6. The summed E-state index contributed by atoms with van der Waals surface area (Å²) in [6.07, 6.45) is 0. The quantitative estimate of drug-likeness (QED) is 0.121. The fourth-order valence-electron chi connectivity index (χ4n) is 1.75. The van der Waals surface area contributed by atoms with Crippen molar-refractivity contribution in [1.82, 2.24) is 9.80 Å². The summed E-state index contributed by atoms with van der Waals surface area (Å²) in [7, 11) is 0. The van der Waals surface area contributed by atoms with Gasteiger partial charge >= 0.3 is 103 Å². The van der Waals surface area contributed by atoms with E-state index in [4.69, 9.17) is 20.4 Å². The first-order chi connectivity index (χ1) is 12.4. The first kappa shape index (κ1) is 42.6. The average molecular weight is 545 g/mol. The van der Waals surface area contributed by atoms with Crippen LogP contribution in [0.5, 0.6) is 0 Å². The Balaban J connectivity index is -0.000000120. The van der Waals surface area contributed by atoms with E-state index in [2.05, 4.69) is 25.3 Å². The Morgan fingerprint density at radius 2 is 0.862 bits per heavy atom. The number of thioether (sulfide) groups is 2. The van der Waals surface area contributed by atoms with Crippen molar-refractivity contribution in [1.29, 1.82) is 0 Å². The summed E-state index contributed by atoms with van der Waals surface area (Å²) in [6, 6.07) is 0. The molecule has 164 valence electrons. The minimum Gasteiger partial charge on any atom is -0.730 e. The molecule has 0 aromatic heterocycles. The van der Waals surface area contributed by atoms with Gasteiger partial charge in [0.05, 0.1) is 35.3 Å². The van der Waals surface area contributed by atoms with E-state index < -0.39 is 0 Å². The van der Waals surface area contributed by atoms with Crippen LogP contribution in [-0.2, 0) is 25.3 Å². The summed E-state index contributed by atoms with van der Waals surface area (Å²) in [5.41, 5.74) is 0. The third-order valence-electron chi connectivity index (χ3n) is 2.92. The van der Waals surface area contributed by atoms with Crippen LogP contribution in [0.15, 0.2) is 0 Å². The van der Waals surface area contributed by atoms with Gasteiger partial charge in [0, 0.05) is 50.8 Å². The van der Waals surface area contributed by atoms with Gasteiger partial charge in [-0.3, -0.25) is 9.80 Å². The SMILES string of the molecule is O.O=C([S-])SCCN(CCO)CCO.O=C([S-])SCCN(CCO)CCO.[K+].[K+]. The van der Waals surface area contributed by atoms with Crippen LogP contribution in [0.1, 0.15) is 0 Å². The minimum absolute atomic E-state index is 0. The van der Waals surface area contributed by atoms with Crippen molar-refractivity contribution < 1.29 is 138 Å². The fraction of sp³-hybridized carbons (Fsp3) is 0.857. The third-order valence-corrected chi connectivity index (χ3v) is 4.87. The molecule has 0 aliphatic carbocycles. The van der Waals surface area contributed by atoms with Crippen LogP contribution in [0, 0.1) is 0 Å². The average Bonchev–Trinajstić information content (AvgIpc) is 2.55. The Hall–Kier alpha value is 3.47. The molecule has 0 bridgehead atoms. The molecule has 0 saturated heterocycles. The van der Waals surface area contributed by atoms with E-state index in [0.717, 1.165) is 23.5 Å². The van der Waals surface area contributed by atoms with Gasteiger partial charge in [0.1, 0.15) is 0 Å². The van der Waals surface area contributed by atoms with Crippen LogP contribution in [-0.4, -0.2) is 122 Å². The van der Waals surface area contributed by atoms with Crippen molar-refractivity contribution in [3.63, 3.8) is 0 Å². The molecular formula is C14H30K2N2O7S4. The first-order valence-electron chi connectivity index (χ1n) is 7.96. The number of nitrogens with zero attached hydrogens (tertiary/aromatic N) is 2. The van der Waals surface area contributed by atoms with E-state index in [9.17, 15) is 9.59 Å². The number of hydrogen-bond acceptors (Lipinski definition) is 12. The molecule has 0 aromatic rings. The first-order valence-corrected chi connectivity index (χ1v) is 10.8. The van der Waals surface area contributed by atoms with Gasteiger partial charge in [-0.1, -0.05) is 0 Å². The van der Waals surface area contributed by atoms with Crippen LogP contribution < -0.4 is 103 Å². The summed E-state index contributed by atoms with van der Waals surface area (Å²) in [4.78, 5) is 24.6. The maximum atomic E-state index is 10.4. The van der Waals surface area contributed by atoms with E-state index in [0.29, 0.717) is 50.8 Å². The zero-order valence-electron chi connectivity index (χ0n) is 17.1. The van der Waals surface area contributed by atoms with E-state index >= 15 is 0 Å². The largest absolute Gasteiger partial charge is 1.00 e. The van der Waals surface area contributed by atoms with Crippen molar-refractivity contribution in [2.24, 2.45) is 0 Å². The van der Waals surface area contributed by atoms with Crippen molar-refractivity contribution >= 4 is 57.7 Å². The van der Waals surface area contributed by atoms with Crippen molar-refractivity contribution in [2.45, 2.75) is 0 Å². The molecule has 0 aromatic carbocycles. The maximum Gasteiger partial charge on any atom is 1.00 e. The van der Waals surface area contributed by atoms with Gasteiger partial charge in [-0.15, -0.1) is 23.5 Å². The minimum atomic E-state index is -0.312. The smallest absolute Gasteiger partial charge is 0.730 e. The van der Waals surface area contributed by atoms with Gasteiger partial charge in [-0.2, -0.15) is 0 Å². The molecule has 0 atom stereocenters. The molecule has 9 nitrogen and oxygen atoms in total. The van der Waals surface area contributed by atoms with Crippen molar-refractivity contribution in [3.8, 4) is 0 Å². The Morgan fingerprint density at radius 3 is 1.03 bits per heavy atom. The Bertz CT molecular complexity index is 324. The van der Waals surface area contributed by atoms with Crippen LogP contribution in [0.25, 0.3) is 0 Å². The molecule has 15 heteroatoms. The van der Waals surface area contributed by atoms with Crippen molar-refractivity contribution in [3.05, 3.63) is 0 Å². The fourth-order valence-corrected chi connectivity index (χ4v) is 3.28. The van der Waals surface area contributed by atoms with E-state index in [1.165, 1.54) is 0 Å². The van der Waals surface area contributed by atoms with Gasteiger partial charge in [0.2, 0.25) is 0 Å². The molecule has 0 fully saturated rings. The summed E-state index contributed by atoms with van der Waals surface area (Å²) >= 11 is 10.9. The Labute approximate surface area is 277 Å². The Kier molecular flexibility index (Phi) is 49.4. The van der Waals surface area contributed by atoms with E-state index in [1.54, 1.807) is 0 Å². The molecule has 0 heterocycles. The second-order valence-corrected chi connectivity index (χ2v) is 8.17. The van der Waals surface area contributed by atoms with Crippen LogP contribution in [0.2, 0.25) is 0 Å². The molecule has 0 spiro atoms. The van der Waals surface area contributed by atoms with Crippen LogP contribution >= 0.6 is 23.5 Å². The molecule has 0 rings (SSSR count). The van der Waals surface area contributed by atoms with Gasteiger partial charge in [0.25, 0.3) is 0 Å². The summed E-state index contributed by atoms with van der Waals surface area (Å²) < 4.78 is -0.624. The number of rotatable bonds is 14. The third kappa shape index (κ3) is 36.2. The van der Waals surface area contributed by atoms with E-state index in [1.807, 2.05) is 9.80 Å². The molecular weight excluding hydrogens is 515 g/mol. The van der Waals surface area contributed by atoms with Gasteiger partial charge in [-0.05, 0) is 0 Å². The zero-order valence-corrected chi connectivity index (χ0v) is 26.6. The van der Waals surface area contributed by atoms with Crippen LogP contribution in [0.3, 0.4) is 0 Å². The standard InChI is InChI=1S/2C7H15NO3S2.2K.H2O/c2*9-4-1-8(2-5-10)3-6-13-7(11)12;;;/h2*9-10H,1-6H2,(H,11,12);;;1H2/q;;2*+1;/p-2. The topological polar surface area (TPSA) is 153 Å². The predicted molar refractivity (Wildman–Crippen MR) is 115 cm³/mol. The normalized spacial score (nSPS) is 9.59. The predicted octanol–water partition coefficient (Wildman–Crippen LogP) is -7.47. The molecule has 0 aliphatic rings. The molecule has 29 heavy (non-hydrogen) atoms. The number of hydrogen-bond donors (Lipinski definition) is 4. The van der Waals surface area contributed by atoms with Crippen molar-refractivity contribution in [2.75, 3.05) is 77.2 Å². The number of aliphatic hydroxyl groups excluding tert-OH is 4. The maximum absolute atomic E-state index is 10.4. The molecule has 6 N–H and O–H groups in total. The second-order valence-electron chi connectivity index (χ2n) is 4.77. The van der Waals surface area contributed by atoms with Gasteiger partial charge < -0.3 is 60.7 Å². The number of carbonyl (C=O) groups is 2. The number of carbonyl (C=O) groups excluding carboxylic acids is 2.